The lowest BCUT2D eigenvalue weighted by Crippen LogP contribution is -1.97. The first-order chi connectivity index (χ1) is 12.5. The molecule has 2 N–H and O–H groups in total. The number of nitrogens with zero attached hydrogens (tertiary/aromatic N) is 2. The van der Waals surface area contributed by atoms with Crippen LogP contribution in [0.1, 0.15) is 24.9 Å². The molecule has 3 aromatic rings. The van der Waals surface area contributed by atoms with Gasteiger partial charge in [-0.25, -0.2) is 9.78 Å². The van der Waals surface area contributed by atoms with Gasteiger partial charge in [0.1, 0.15) is 22.3 Å². The Bertz CT molecular complexity index is 949. The lowest BCUT2D eigenvalue weighted by atomic mass is 10.2. The number of carboxylic acid groups (broad SMARTS) is 1. The quantitative estimate of drug-likeness (QED) is 0.402. The first kappa shape index (κ1) is 18.5. The summed E-state index contributed by atoms with van der Waals surface area (Å²) in [5.41, 5.74) is 0.904. The van der Waals surface area contributed by atoms with Crippen LogP contribution in [0.3, 0.4) is 0 Å². The monoisotopic (exact) mass is 433 g/mol. The number of nitrogens with one attached hydrogen (secondary N) is 1. The molecule has 0 aliphatic rings. The van der Waals surface area contributed by atoms with Crippen LogP contribution in [0, 0.1) is 0 Å². The molecule has 0 radical (unpaired) electrons. The van der Waals surface area contributed by atoms with Gasteiger partial charge in [0.05, 0.1) is 0 Å². The summed E-state index contributed by atoms with van der Waals surface area (Å²) in [6.45, 7) is 2.04. The number of hydrogen-bond acceptors (Lipinski definition) is 5. The molecule has 2 aromatic heterocycles. The predicted molar refractivity (Wildman–Crippen MR) is 104 cm³/mol. The summed E-state index contributed by atoms with van der Waals surface area (Å²) in [5.74, 6) is 0.802. The van der Waals surface area contributed by atoms with E-state index < -0.39 is 5.97 Å². The van der Waals surface area contributed by atoms with Crippen LogP contribution < -0.4 is 0 Å². The van der Waals surface area contributed by atoms with Crippen LogP contribution >= 0.6 is 27.7 Å². The van der Waals surface area contributed by atoms with E-state index in [0.29, 0.717) is 16.7 Å². The van der Waals surface area contributed by atoms with Gasteiger partial charge < -0.3 is 9.52 Å². The van der Waals surface area contributed by atoms with Crippen molar-refractivity contribution in [3.8, 4) is 11.3 Å². The van der Waals surface area contributed by atoms with E-state index in [4.69, 9.17) is 4.42 Å². The van der Waals surface area contributed by atoms with E-state index in [2.05, 4.69) is 31.1 Å². The topological polar surface area (TPSA) is 92.0 Å². The van der Waals surface area contributed by atoms with Crippen molar-refractivity contribution in [2.24, 2.45) is 0 Å². The molecule has 3 rings (SSSR count). The van der Waals surface area contributed by atoms with Gasteiger partial charge in [0.15, 0.2) is 0 Å². The zero-order chi connectivity index (χ0) is 18.5. The van der Waals surface area contributed by atoms with Gasteiger partial charge in [0.2, 0.25) is 5.16 Å². The second-order valence-electron chi connectivity index (χ2n) is 5.44. The summed E-state index contributed by atoms with van der Waals surface area (Å²) >= 11 is 4.41. The average Bonchev–Trinajstić information content (AvgIpc) is 3.24. The number of rotatable bonds is 7. The van der Waals surface area contributed by atoms with E-state index in [9.17, 15) is 9.90 Å². The van der Waals surface area contributed by atoms with Gasteiger partial charge in [-0.15, -0.1) is 5.10 Å². The first-order valence-electron chi connectivity index (χ1n) is 7.95. The SMILES string of the molecule is CCCc1nc(S/C(=C\c2ccc(-c3cccc(Br)c3)o2)C(=O)O)n[nH]1. The molecule has 0 saturated heterocycles. The molecule has 8 heteroatoms. The normalized spacial score (nSPS) is 11.7. The van der Waals surface area contributed by atoms with Gasteiger partial charge in [0, 0.05) is 22.5 Å². The van der Waals surface area contributed by atoms with Crippen LogP contribution in [-0.2, 0) is 11.2 Å². The maximum Gasteiger partial charge on any atom is 0.342 e. The number of aryl methyl sites for hydroxylation is 1. The van der Waals surface area contributed by atoms with E-state index in [1.807, 2.05) is 37.3 Å². The van der Waals surface area contributed by atoms with Gasteiger partial charge in [-0.3, -0.25) is 5.10 Å². The molecule has 134 valence electrons. The van der Waals surface area contributed by atoms with Crippen LogP contribution in [0.5, 0.6) is 0 Å². The number of hydrogen-bond donors (Lipinski definition) is 2. The Morgan fingerprint density at radius 2 is 2.23 bits per heavy atom. The van der Waals surface area contributed by atoms with Crippen molar-refractivity contribution < 1.29 is 14.3 Å². The minimum atomic E-state index is -1.06. The Balaban J connectivity index is 1.81. The summed E-state index contributed by atoms with van der Waals surface area (Å²) in [7, 11) is 0. The van der Waals surface area contributed by atoms with Crippen molar-refractivity contribution in [2.75, 3.05) is 0 Å². The molecular weight excluding hydrogens is 418 g/mol. The zero-order valence-corrected chi connectivity index (χ0v) is 16.3. The van der Waals surface area contributed by atoms with Crippen molar-refractivity contribution in [1.29, 1.82) is 0 Å². The number of carboxylic acids is 1. The second kappa shape index (κ2) is 8.37. The fraction of sp³-hybridized carbons (Fsp3) is 0.167. The summed E-state index contributed by atoms with van der Waals surface area (Å²) in [5, 5.41) is 16.7. The summed E-state index contributed by atoms with van der Waals surface area (Å²) in [6.07, 6.45) is 3.18. The highest BCUT2D eigenvalue weighted by Crippen LogP contribution is 2.29. The Morgan fingerprint density at radius 3 is 2.96 bits per heavy atom. The maximum atomic E-state index is 11.6. The van der Waals surface area contributed by atoms with E-state index >= 15 is 0 Å². The summed E-state index contributed by atoms with van der Waals surface area (Å²) in [6, 6.07) is 11.2. The van der Waals surface area contributed by atoms with Crippen molar-refractivity contribution in [2.45, 2.75) is 24.9 Å². The highest BCUT2D eigenvalue weighted by molar-refractivity contribution is 9.10. The minimum Gasteiger partial charge on any atom is -0.477 e. The number of aliphatic carboxylic acids is 1. The molecule has 2 heterocycles. The minimum absolute atomic E-state index is 0.0854. The Morgan fingerprint density at radius 1 is 1.38 bits per heavy atom. The third-order valence-electron chi connectivity index (χ3n) is 3.42. The molecule has 26 heavy (non-hydrogen) atoms. The van der Waals surface area contributed by atoms with E-state index in [0.717, 1.165) is 40.5 Å². The number of benzene rings is 1. The number of H-pyrrole nitrogens is 1. The molecule has 0 unspecified atom stereocenters. The van der Waals surface area contributed by atoms with Crippen molar-refractivity contribution in [3.05, 3.63) is 57.4 Å². The third-order valence-corrected chi connectivity index (χ3v) is 4.79. The maximum absolute atomic E-state index is 11.6. The standard InChI is InChI=1S/C18H16BrN3O3S/c1-2-4-16-20-18(22-21-16)26-15(17(23)24)10-13-7-8-14(25-13)11-5-3-6-12(19)9-11/h3,5-10H,2,4H2,1H3,(H,23,24)(H,20,21,22)/b15-10-. The van der Waals surface area contributed by atoms with Gasteiger partial charge in [0.25, 0.3) is 0 Å². The van der Waals surface area contributed by atoms with Crippen molar-refractivity contribution in [3.63, 3.8) is 0 Å². The predicted octanol–water partition coefficient (Wildman–Crippen LogP) is 5.00. The molecule has 1 aromatic carbocycles. The smallest absolute Gasteiger partial charge is 0.342 e. The molecule has 0 atom stereocenters. The van der Waals surface area contributed by atoms with Gasteiger partial charge in [-0.05, 0) is 42.4 Å². The third kappa shape index (κ3) is 4.64. The number of aromatic nitrogens is 3. The van der Waals surface area contributed by atoms with E-state index in [1.165, 1.54) is 6.08 Å². The molecule has 0 spiro atoms. The molecule has 0 aliphatic carbocycles. The number of carbonyl (C=O) groups is 1. The first-order valence-corrected chi connectivity index (χ1v) is 9.56. The number of aromatic amines is 1. The second-order valence-corrected chi connectivity index (χ2v) is 7.37. The van der Waals surface area contributed by atoms with Crippen molar-refractivity contribution in [1.82, 2.24) is 15.2 Å². The summed E-state index contributed by atoms with van der Waals surface area (Å²) in [4.78, 5) is 15.9. The Hall–Kier alpha value is -2.32. The number of furan rings is 1. The van der Waals surface area contributed by atoms with Gasteiger partial charge in [-0.2, -0.15) is 0 Å². The lowest BCUT2D eigenvalue weighted by molar-refractivity contribution is -0.131. The molecule has 0 bridgehead atoms. The molecule has 0 amide bonds. The zero-order valence-electron chi connectivity index (χ0n) is 13.9. The molecule has 6 nitrogen and oxygen atoms in total. The van der Waals surface area contributed by atoms with Crippen LogP contribution in [-0.4, -0.2) is 26.3 Å². The van der Waals surface area contributed by atoms with Crippen LogP contribution in [0.2, 0.25) is 0 Å². The number of halogens is 1. The molecule has 0 fully saturated rings. The lowest BCUT2D eigenvalue weighted by Gasteiger charge is -1.99. The molecule has 0 saturated carbocycles. The highest BCUT2D eigenvalue weighted by atomic mass is 79.9. The van der Waals surface area contributed by atoms with Crippen LogP contribution in [0.4, 0.5) is 0 Å². The fourth-order valence-corrected chi connectivity index (χ4v) is 3.37. The molecule has 0 aliphatic heterocycles. The number of thioether (sulfide) groups is 1. The average molecular weight is 434 g/mol. The Labute approximate surface area is 162 Å². The summed E-state index contributed by atoms with van der Waals surface area (Å²) < 4.78 is 6.71. The van der Waals surface area contributed by atoms with Crippen LogP contribution in [0.15, 0.2) is 55.3 Å². The van der Waals surface area contributed by atoms with E-state index in [-0.39, 0.29) is 4.91 Å². The van der Waals surface area contributed by atoms with Gasteiger partial charge in [-0.1, -0.05) is 35.0 Å². The van der Waals surface area contributed by atoms with Crippen LogP contribution in [0.25, 0.3) is 17.4 Å². The molecular formula is C18H16BrN3O3S. The van der Waals surface area contributed by atoms with Gasteiger partial charge >= 0.3 is 5.97 Å². The fourth-order valence-electron chi connectivity index (χ4n) is 2.26. The largest absolute Gasteiger partial charge is 0.477 e. The highest BCUT2D eigenvalue weighted by Gasteiger charge is 2.15. The van der Waals surface area contributed by atoms with Crippen molar-refractivity contribution >= 4 is 39.7 Å². The van der Waals surface area contributed by atoms with E-state index in [1.54, 1.807) is 6.07 Å². The Kier molecular flexibility index (Phi) is 5.95.